The number of hydrogen-bond donors (Lipinski definition) is 2. The smallest absolute Gasteiger partial charge is 0.488 e. The molecule has 0 aliphatic rings. The predicted molar refractivity (Wildman–Crippen MR) is 80.3 cm³/mol. The third-order valence-electron chi connectivity index (χ3n) is 3.20. The first-order chi connectivity index (χ1) is 9.62. The molecule has 1 rings (SSSR count). The highest BCUT2D eigenvalue weighted by atomic mass is 16.5. The number of methoxy groups -OCH3 is 1. The summed E-state index contributed by atoms with van der Waals surface area (Å²) in [5, 5.41) is 18.5. The first-order valence-electron chi connectivity index (χ1n) is 6.95. The standard InChI is InChI=1S/C14H24BNO4/c1-4-16(8-9-20-5-2)11-12-10-13(15(17)18)6-7-14(12)19-3/h6-7,10,17-18H,4-5,8-9,11H2,1-3H3. The van der Waals surface area contributed by atoms with Crippen molar-refractivity contribution in [3.8, 4) is 5.75 Å². The Morgan fingerprint density at radius 1 is 1.25 bits per heavy atom. The molecule has 5 nitrogen and oxygen atoms in total. The number of rotatable bonds is 9. The van der Waals surface area contributed by atoms with Gasteiger partial charge in [-0.3, -0.25) is 4.90 Å². The van der Waals surface area contributed by atoms with Crippen molar-refractivity contribution >= 4 is 12.6 Å². The number of nitrogens with zero attached hydrogens (tertiary/aromatic N) is 1. The largest absolute Gasteiger partial charge is 0.496 e. The fraction of sp³-hybridized carbons (Fsp3) is 0.571. The van der Waals surface area contributed by atoms with E-state index in [1.165, 1.54) is 0 Å². The zero-order valence-corrected chi connectivity index (χ0v) is 12.5. The summed E-state index contributed by atoms with van der Waals surface area (Å²) < 4.78 is 10.7. The van der Waals surface area contributed by atoms with Gasteiger partial charge < -0.3 is 19.5 Å². The van der Waals surface area contributed by atoms with E-state index in [2.05, 4.69) is 11.8 Å². The number of benzene rings is 1. The van der Waals surface area contributed by atoms with E-state index in [1.54, 1.807) is 25.3 Å². The molecule has 1 aromatic carbocycles. The monoisotopic (exact) mass is 281 g/mol. The molecule has 2 N–H and O–H groups in total. The normalized spacial score (nSPS) is 10.9. The van der Waals surface area contributed by atoms with Gasteiger partial charge in [0.15, 0.2) is 0 Å². The maximum atomic E-state index is 9.26. The van der Waals surface area contributed by atoms with E-state index in [-0.39, 0.29) is 0 Å². The molecule has 0 spiro atoms. The van der Waals surface area contributed by atoms with Crippen LogP contribution in [0.2, 0.25) is 0 Å². The van der Waals surface area contributed by atoms with Gasteiger partial charge in [0.2, 0.25) is 0 Å². The molecule has 20 heavy (non-hydrogen) atoms. The lowest BCUT2D eigenvalue weighted by Crippen LogP contribution is -2.32. The van der Waals surface area contributed by atoms with Crippen LogP contribution >= 0.6 is 0 Å². The molecule has 112 valence electrons. The van der Waals surface area contributed by atoms with Crippen molar-refractivity contribution in [3.63, 3.8) is 0 Å². The first kappa shape index (κ1) is 17.0. The highest BCUT2D eigenvalue weighted by Crippen LogP contribution is 2.18. The lowest BCUT2D eigenvalue weighted by Gasteiger charge is -2.22. The Morgan fingerprint density at radius 3 is 2.55 bits per heavy atom. The van der Waals surface area contributed by atoms with Crippen LogP contribution in [-0.4, -0.2) is 55.5 Å². The van der Waals surface area contributed by atoms with Crippen LogP contribution in [0.1, 0.15) is 19.4 Å². The van der Waals surface area contributed by atoms with Gasteiger partial charge >= 0.3 is 7.12 Å². The van der Waals surface area contributed by atoms with E-state index in [9.17, 15) is 10.0 Å². The summed E-state index contributed by atoms with van der Waals surface area (Å²) in [6, 6.07) is 5.19. The third kappa shape index (κ3) is 5.13. The average molecular weight is 281 g/mol. The lowest BCUT2D eigenvalue weighted by atomic mass is 9.79. The lowest BCUT2D eigenvalue weighted by molar-refractivity contribution is 0.112. The van der Waals surface area contributed by atoms with Crippen molar-refractivity contribution in [1.29, 1.82) is 0 Å². The molecule has 0 radical (unpaired) electrons. The first-order valence-corrected chi connectivity index (χ1v) is 6.95. The Hall–Kier alpha value is -1.08. The molecule has 0 saturated heterocycles. The molecule has 0 aromatic heterocycles. The Bertz CT molecular complexity index is 401. The van der Waals surface area contributed by atoms with Gasteiger partial charge in [-0.25, -0.2) is 0 Å². The fourth-order valence-corrected chi connectivity index (χ4v) is 2.01. The van der Waals surface area contributed by atoms with Crippen LogP contribution in [0.5, 0.6) is 5.75 Å². The average Bonchev–Trinajstić information content (AvgIpc) is 2.46. The van der Waals surface area contributed by atoms with Gasteiger partial charge in [-0.15, -0.1) is 0 Å². The summed E-state index contributed by atoms with van der Waals surface area (Å²) in [5.41, 5.74) is 1.41. The van der Waals surface area contributed by atoms with Gasteiger partial charge in [0.25, 0.3) is 0 Å². The highest BCUT2D eigenvalue weighted by Gasteiger charge is 2.15. The van der Waals surface area contributed by atoms with Gasteiger partial charge in [0.05, 0.1) is 13.7 Å². The van der Waals surface area contributed by atoms with Crippen molar-refractivity contribution < 1.29 is 19.5 Å². The van der Waals surface area contributed by atoms with Crippen LogP contribution in [0.15, 0.2) is 18.2 Å². The number of ether oxygens (including phenoxy) is 2. The van der Waals surface area contributed by atoms with E-state index in [1.807, 2.05) is 6.92 Å². The summed E-state index contributed by atoms with van der Waals surface area (Å²) in [4.78, 5) is 2.22. The Balaban J connectivity index is 2.78. The topological polar surface area (TPSA) is 62.2 Å². The van der Waals surface area contributed by atoms with Crippen LogP contribution in [0.3, 0.4) is 0 Å². The van der Waals surface area contributed by atoms with Gasteiger partial charge in [-0.1, -0.05) is 19.1 Å². The van der Waals surface area contributed by atoms with Gasteiger partial charge in [0.1, 0.15) is 5.75 Å². The second-order valence-corrected chi connectivity index (χ2v) is 4.51. The van der Waals surface area contributed by atoms with Crippen LogP contribution in [0.25, 0.3) is 0 Å². The van der Waals surface area contributed by atoms with Gasteiger partial charge in [-0.05, 0) is 25.0 Å². The maximum Gasteiger partial charge on any atom is 0.488 e. The van der Waals surface area contributed by atoms with Crippen molar-refractivity contribution in [2.24, 2.45) is 0 Å². The molecule has 0 saturated carbocycles. The van der Waals surface area contributed by atoms with Crippen LogP contribution in [0, 0.1) is 0 Å². The molecule has 6 heteroatoms. The minimum atomic E-state index is -1.46. The molecule has 0 heterocycles. The molecular formula is C14H24BNO4. The van der Waals surface area contributed by atoms with E-state index >= 15 is 0 Å². The van der Waals surface area contributed by atoms with Crippen molar-refractivity contribution in [3.05, 3.63) is 23.8 Å². The maximum absolute atomic E-state index is 9.26. The summed E-state index contributed by atoms with van der Waals surface area (Å²) in [7, 11) is 0.155. The molecule has 1 aromatic rings. The van der Waals surface area contributed by atoms with Gasteiger partial charge in [-0.2, -0.15) is 0 Å². The summed E-state index contributed by atoms with van der Waals surface area (Å²) in [6.45, 7) is 7.88. The van der Waals surface area contributed by atoms with E-state index in [4.69, 9.17) is 9.47 Å². The molecular weight excluding hydrogens is 257 g/mol. The van der Waals surface area contributed by atoms with Crippen LogP contribution < -0.4 is 10.2 Å². The van der Waals surface area contributed by atoms with Crippen LogP contribution in [0.4, 0.5) is 0 Å². The molecule has 0 unspecified atom stereocenters. The summed E-state index contributed by atoms with van der Waals surface area (Å²) in [5.74, 6) is 0.754. The summed E-state index contributed by atoms with van der Waals surface area (Å²) >= 11 is 0. The fourth-order valence-electron chi connectivity index (χ4n) is 2.01. The van der Waals surface area contributed by atoms with E-state index in [0.717, 1.165) is 24.4 Å². The quantitative estimate of drug-likeness (QED) is 0.501. The van der Waals surface area contributed by atoms with Crippen molar-refractivity contribution in [2.75, 3.05) is 33.4 Å². The second kappa shape index (κ2) is 8.97. The number of hydrogen-bond acceptors (Lipinski definition) is 5. The molecule has 0 bridgehead atoms. The highest BCUT2D eigenvalue weighted by molar-refractivity contribution is 6.58. The van der Waals surface area contributed by atoms with Crippen molar-refractivity contribution in [1.82, 2.24) is 4.90 Å². The molecule has 0 aliphatic carbocycles. The van der Waals surface area contributed by atoms with Gasteiger partial charge in [0, 0.05) is 25.3 Å². The van der Waals surface area contributed by atoms with Crippen molar-refractivity contribution in [2.45, 2.75) is 20.4 Å². The van der Waals surface area contributed by atoms with E-state index in [0.29, 0.717) is 25.2 Å². The zero-order chi connectivity index (χ0) is 15.0. The zero-order valence-electron chi connectivity index (χ0n) is 12.5. The molecule has 0 atom stereocenters. The minimum absolute atomic E-state index is 0.474. The predicted octanol–water partition coefficient (Wildman–Crippen LogP) is 0.233. The molecule has 0 aliphatic heterocycles. The Kier molecular flexibility index (Phi) is 7.61. The van der Waals surface area contributed by atoms with Crippen LogP contribution in [-0.2, 0) is 11.3 Å². The van der Waals surface area contributed by atoms with E-state index < -0.39 is 7.12 Å². The third-order valence-corrected chi connectivity index (χ3v) is 3.20. The Labute approximate surface area is 121 Å². The summed E-state index contributed by atoms with van der Waals surface area (Å²) in [6.07, 6.45) is 0. The second-order valence-electron chi connectivity index (χ2n) is 4.51. The number of likely N-dealkylation sites (N-methyl/N-ethyl adjacent to an activating group) is 1. The minimum Gasteiger partial charge on any atom is -0.496 e. The molecule has 0 amide bonds. The Morgan fingerprint density at radius 2 is 2.00 bits per heavy atom. The SMILES string of the molecule is CCOCCN(CC)Cc1cc(B(O)O)ccc1OC. The molecule has 0 fully saturated rings.